The van der Waals surface area contributed by atoms with Gasteiger partial charge in [0.15, 0.2) is 5.96 Å². The number of thiazole rings is 1. The standard InChI is InChI=1S/C23H35N5S.HI/c1-18-19(2)29-22(27-18)12-13-25-23(24-3)26-16-20-8-10-21(11-9-20)17-28-14-6-4-5-7-15-28;/h8-11H,4-7,12-17H2,1-3H3,(H2,24,25,26);1H. The van der Waals surface area contributed by atoms with Gasteiger partial charge in [0.25, 0.3) is 0 Å². The molecule has 5 nitrogen and oxygen atoms in total. The molecule has 0 atom stereocenters. The molecule has 0 unspecified atom stereocenters. The molecule has 0 spiro atoms. The molecule has 1 fully saturated rings. The number of aromatic nitrogens is 1. The third kappa shape index (κ3) is 8.15. The summed E-state index contributed by atoms with van der Waals surface area (Å²) in [7, 11) is 1.82. The van der Waals surface area contributed by atoms with Gasteiger partial charge in [0, 0.05) is 38.0 Å². The van der Waals surface area contributed by atoms with Crippen molar-refractivity contribution < 1.29 is 0 Å². The minimum atomic E-state index is 0. The zero-order chi connectivity index (χ0) is 20.5. The molecule has 1 aromatic carbocycles. The van der Waals surface area contributed by atoms with Crippen molar-refractivity contribution in [2.75, 3.05) is 26.7 Å². The van der Waals surface area contributed by atoms with Crippen LogP contribution >= 0.6 is 35.3 Å². The van der Waals surface area contributed by atoms with E-state index in [0.717, 1.165) is 37.7 Å². The summed E-state index contributed by atoms with van der Waals surface area (Å²) < 4.78 is 0. The van der Waals surface area contributed by atoms with Crippen LogP contribution in [0.25, 0.3) is 0 Å². The number of nitrogens with zero attached hydrogens (tertiary/aromatic N) is 3. The zero-order valence-corrected chi connectivity index (χ0v) is 21.7. The molecule has 7 heteroatoms. The number of halogens is 1. The summed E-state index contributed by atoms with van der Waals surface area (Å²) in [5, 5.41) is 7.98. The lowest BCUT2D eigenvalue weighted by Crippen LogP contribution is -2.37. The van der Waals surface area contributed by atoms with E-state index in [4.69, 9.17) is 0 Å². The van der Waals surface area contributed by atoms with Crippen LogP contribution in [0.3, 0.4) is 0 Å². The quantitative estimate of drug-likeness (QED) is 0.304. The highest BCUT2D eigenvalue weighted by molar-refractivity contribution is 14.0. The maximum Gasteiger partial charge on any atom is 0.191 e. The number of likely N-dealkylation sites (tertiary alicyclic amines) is 1. The second-order valence-electron chi connectivity index (χ2n) is 7.86. The van der Waals surface area contributed by atoms with Gasteiger partial charge in [-0.2, -0.15) is 0 Å². The molecule has 1 aromatic heterocycles. The first-order chi connectivity index (χ1) is 14.1. The van der Waals surface area contributed by atoms with Gasteiger partial charge in [0.05, 0.1) is 10.7 Å². The predicted octanol–water partition coefficient (Wildman–Crippen LogP) is 4.66. The third-order valence-electron chi connectivity index (χ3n) is 5.52. The second kappa shape index (κ2) is 13.3. The number of guanidine groups is 1. The van der Waals surface area contributed by atoms with Crippen molar-refractivity contribution in [1.29, 1.82) is 0 Å². The summed E-state index contributed by atoms with van der Waals surface area (Å²) in [6, 6.07) is 9.00. The summed E-state index contributed by atoms with van der Waals surface area (Å²) in [6.45, 7) is 9.37. The fourth-order valence-corrected chi connectivity index (χ4v) is 4.59. The summed E-state index contributed by atoms with van der Waals surface area (Å²) >= 11 is 1.78. The Labute approximate surface area is 202 Å². The summed E-state index contributed by atoms with van der Waals surface area (Å²) in [4.78, 5) is 12.8. The monoisotopic (exact) mass is 541 g/mol. The van der Waals surface area contributed by atoms with Crippen molar-refractivity contribution in [3.05, 3.63) is 51.0 Å². The van der Waals surface area contributed by atoms with Crippen LogP contribution in [0.2, 0.25) is 0 Å². The molecule has 1 aliphatic rings. The van der Waals surface area contributed by atoms with Gasteiger partial charge in [-0.25, -0.2) is 4.98 Å². The predicted molar refractivity (Wildman–Crippen MR) is 139 cm³/mol. The van der Waals surface area contributed by atoms with Crippen molar-refractivity contribution >= 4 is 41.3 Å². The van der Waals surface area contributed by atoms with Gasteiger partial charge in [-0.05, 0) is 50.9 Å². The second-order valence-corrected chi connectivity index (χ2v) is 9.15. The Kier molecular flexibility index (Phi) is 11.1. The molecule has 0 saturated carbocycles. The van der Waals surface area contributed by atoms with E-state index < -0.39 is 0 Å². The average Bonchev–Trinajstić information content (AvgIpc) is 2.90. The summed E-state index contributed by atoms with van der Waals surface area (Å²) in [5.41, 5.74) is 3.83. The molecule has 2 N–H and O–H groups in total. The molecule has 1 aliphatic heterocycles. The van der Waals surface area contributed by atoms with Gasteiger partial charge in [-0.15, -0.1) is 35.3 Å². The van der Waals surface area contributed by atoms with E-state index >= 15 is 0 Å². The minimum Gasteiger partial charge on any atom is -0.356 e. The third-order valence-corrected chi connectivity index (χ3v) is 6.65. The lowest BCUT2D eigenvalue weighted by molar-refractivity contribution is 0.277. The van der Waals surface area contributed by atoms with E-state index in [-0.39, 0.29) is 24.0 Å². The molecule has 0 bridgehead atoms. The molecule has 0 amide bonds. The van der Waals surface area contributed by atoms with Crippen molar-refractivity contribution in [1.82, 2.24) is 20.5 Å². The van der Waals surface area contributed by atoms with E-state index in [0.29, 0.717) is 0 Å². The topological polar surface area (TPSA) is 52.6 Å². The highest BCUT2D eigenvalue weighted by Gasteiger charge is 2.09. The van der Waals surface area contributed by atoms with E-state index in [9.17, 15) is 0 Å². The minimum absolute atomic E-state index is 0. The highest BCUT2D eigenvalue weighted by Crippen LogP contribution is 2.16. The molecule has 3 rings (SSSR count). The van der Waals surface area contributed by atoms with Crippen LogP contribution in [-0.4, -0.2) is 42.5 Å². The molecule has 0 radical (unpaired) electrons. The number of nitrogens with one attached hydrogen (secondary N) is 2. The smallest absolute Gasteiger partial charge is 0.191 e. The van der Waals surface area contributed by atoms with Gasteiger partial charge in [-0.3, -0.25) is 9.89 Å². The number of benzene rings is 1. The first-order valence-corrected chi connectivity index (χ1v) is 11.6. The highest BCUT2D eigenvalue weighted by atomic mass is 127. The Balaban J connectivity index is 0.00000320. The van der Waals surface area contributed by atoms with Gasteiger partial charge >= 0.3 is 0 Å². The molecule has 2 aromatic rings. The van der Waals surface area contributed by atoms with Crippen molar-refractivity contribution in [2.45, 2.75) is 59.0 Å². The first kappa shape index (κ1) is 25.1. The molecular weight excluding hydrogens is 505 g/mol. The average molecular weight is 542 g/mol. The van der Waals surface area contributed by atoms with Crippen LogP contribution in [0.4, 0.5) is 0 Å². The van der Waals surface area contributed by atoms with Gasteiger partial charge < -0.3 is 10.6 Å². The van der Waals surface area contributed by atoms with Crippen LogP contribution in [-0.2, 0) is 19.5 Å². The number of aryl methyl sites for hydroxylation is 2. The number of aliphatic imine (C=N–C) groups is 1. The number of hydrogen-bond donors (Lipinski definition) is 2. The Hall–Kier alpha value is -1.19. The summed E-state index contributed by atoms with van der Waals surface area (Å²) in [6.07, 6.45) is 6.39. The van der Waals surface area contributed by atoms with Gasteiger partial charge in [0.1, 0.15) is 0 Å². The Morgan fingerprint density at radius 1 is 1.03 bits per heavy atom. The van der Waals surface area contributed by atoms with Crippen LogP contribution in [0.1, 0.15) is 52.4 Å². The van der Waals surface area contributed by atoms with E-state index in [1.54, 1.807) is 11.3 Å². The van der Waals surface area contributed by atoms with Crippen LogP contribution in [0.5, 0.6) is 0 Å². The van der Waals surface area contributed by atoms with Crippen molar-refractivity contribution in [3.63, 3.8) is 0 Å². The number of rotatable bonds is 7. The van der Waals surface area contributed by atoms with Gasteiger partial charge in [0.2, 0.25) is 0 Å². The fraction of sp³-hybridized carbons (Fsp3) is 0.565. The molecular formula is C23H36IN5S. The Morgan fingerprint density at radius 2 is 1.70 bits per heavy atom. The van der Waals surface area contributed by atoms with Crippen molar-refractivity contribution in [3.8, 4) is 0 Å². The van der Waals surface area contributed by atoms with E-state index in [1.807, 2.05) is 7.05 Å². The van der Waals surface area contributed by atoms with Crippen LogP contribution < -0.4 is 10.6 Å². The van der Waals surface area contributed by atoms with E-state index in [2.05, 4.69) is 63.6 Å². The van der Waals surface area contributed by atoms with Gasteiger partial charge in [-0.1, -0.05) is 37.1 Å². The normalized spacial score (nSPS) is 15.4. The lowest BCUT2D eigenvalue weighted by atomic mass is 10.1. The maximum absolute atomic E-state index is 4.60. The zero-order valence-electron chi connectivity index (χ0n) is 18.5. The molecule has 1 saturated heterocycles. The number of hydrogen-bond acceptors (Lipinski definition) is 4. The largest absolute Gasteiger partial charge is 0.356 e. The van der Waals surface area contributed by atoms with Crippen LogP contribution in [0, 0.1) is 13.8 Å². The first-order valence-electron chi connectivity index (χ1n) is 10.8. The lowest BCUT2D eigenvalue weighted by Gasteiger charge is -2.20. The summed E-state index contributed by atoms with van der Waals surface area (Å²) in [5.74, 6) is 0.837. The Bertz CT molecular complexity index is 760. The SMILES string of the molecule is CN=C(NCCc1nc(C)c(C)s1)NCc1ccc(CN2CCCCCC2)cc1.I. The Morgan fingerprint density at radius 3 is 2.30 bits per heavy atom. The molecule has 2 heterocycles. The molecule has 0 aliphatic carbocycles. The molecule has 166 valence electrons. The van der Waals surface area contributed by atoms with E-state index in [1.165, 1.54) is 59.8 Å². The van der Waals surface area contributed by atoms with Crippen molar-refractivity contribution in [2.24, 2.45) is 4.99 Å². The molecule has 30 heavy (non-hydrogen) atoms. The maximum atomic E-state index is 4.60. The van der Waals surface area contributed by atoms with Crippen LogP contribution in [0.15, 0.2) is 29.3 Å². The fourth-order valence-electron chi connectivity index (χ4n) is 3.66.